The number of carbonyl (C=O) groups excluding carboxylic acids is 2. The SMILES string of the molecule is Cc1cccc(/C=C/C(=O)Nc2ccc(NC(=O)CC#N)cc2)c1. The molecule has 0 fully saturated rings. The fourth-order valence-electron chi connectivity index (χ4n) is 2.04. The van der Waals surface area contributed by atoms with Gasteiger partial charge in [-0.1, -0.05) is 29.8 Å². The first-order valence-electron chi connectivity index (χ1n) is 7.39. The van der Waals surface area contributed by atoms with Gasteiger partial charge in [-0.05, 0) is 42.8 Å². The third-order valence-corrected chi connectivity index (χ3v) is 3.15. The van der Waals surface area contributed by atoms with Crippen LogP contribution in [0.4, 0.5) is 11.4 Å². The van der Waals surface area contributed by atoms with Gasteiger partial charge in [-0.3, -0.25) is 9.59 Å². The van der Waals surface area contributed by atoms with E-state index >= 15 is 0 Å². The van der Waals surface area contributed by atoms with Gasteiger partial charge in [0, 0.05) is 17.5 Å². The predicted molar refractivity (Wildman–Crippen MR) is 94.1 cm³/mol. The average Bonchev–Trinajstić information content (AvgIpc) is 2.55. The molecule has 5 nitrogen and oxygen atoms in total. The van der Waals surface area contributed by atoms with Crippen molar-refractivity contribution in [2.24, 2.45) is 0 Å². The van der Waals surface area contributed by atoms with Crippen molar-refractivity contribution in [1.29, 1.82) is 5.26 Å². The van der Waals surface area contributed by atoms with Crippen LogP contribution < -0.4 is 10.6 Å². The lowest BCUT2D eigenvalue weighted by Gasteiger charge is -2.05. The quantitative estimate of drug-likeness (QED) is 0.828. The van der Waals surface area contributed by atoms with Gasteiger partial charge in [0.1, 0.15) is 6.42 Å². The second-order valence-electron chi connectivity index (χ2n) is 5.20. The molecule has 0 saturated heterocycles. The molecule has 0 aliphatic heterocycles. The number of rotatable bonds is 5. The Morgan fingerprint density at radius 3 is 2.38 bits per heavy atom. The molecule has 0 aromatic heterocycles. The summed E-state index contributed by atoms with van der Waals surface area (Å²) in [5.74, 6) is -0.604. The maximum absolute atomic E-state index is 11.9. The van der Waals surface area contributed by atoms with Gasteiger partial charge in [-0.2, -0.15) is 5.26 Å². The summed E-state index contributed by atoms with van der Waals surface area (Å²) in [5.41, 5.74) is 3.28. The van der Waals surface area contributed by atoms with Crippen LogP contribution in [0.1, 0.15) is 17.5 Å². The fraction of sp³-hybridized carbons (Fsp3) is 0.105. The molecule has 0 spiro atoms. The Labute approximate surface area is 140 Å². The van der Waals surface area contributed by atoms with Crippen LogP contribution in [0.15, 0.2) is 54.6 Å². The summed E-state index contributed by atoms with van der Waals surface area (Å²) in [6.07, 6.45) is 3.03. The predicted octanol–water partition coefficient (Wildman–Crippen LogP) is 3.50. The number of hydrogen-bond acceptors (Lipinski definition) is 3. The van der Waals surface area contributed by atoms with Gasteiger partial charge in [0.25, 0.3) is 0 Å². The number of nitriles is 1. The molecule has 0 atom stereocenters. The smallest absolute Gasteiger partial charge is 0.248 e. The number of nitrogens with zero attached hydrogens (tertiary/aromatic N) is 1. The number of nitrogens with one attached hydrogen (secondary N) is 2. The molecular weight excluding hydrogens is 302 g/mol. The molecule has 0 heterocycles. The number of carbonyl (C=O) groups is 2. The van der Waals surface area contributed by atoms with Crippen LogP contribution >= 0.6 is 0 Å². The third kappa shape index (κ3) is 5.43. The first kappa shape index (κ1) is 17.0. The highest BCUT2D eigenvalue weighted by molar-refractivity contribution is 6.02. The number of amides is 2. The third-order valence-electron chi connectivity index (χ3n) is 3.15. The van der Waals surface area contributed by atoms with Crippen LogP contribution in [0.3, 0.4) is 0 Å². The van der Waals surface area contributed by atoms with Crippen molar-refractivity contribution in [3.05, 3.63) is 65.7 Å². The van der Waals surface area contributed by atoms with E-state index in [0.29, 0.717) is 11.4 Å². The molecule has 0 bridgehead atoms. The second-order valence-corrected chi connectivity index (χ2v) is 5.20. The Kier molecular flexibility index (Phi) is 5.87. The van der Waals surface area contributed by atoms with Gasteiger partial charge >= 0.3 is 0 Å². The lowest BCUT2D eigenvalue weighted by molar-refractivity contribution is -0.115. The van der Waals surface area contributed by atoms with Gasteiger partial charge < -0.3 is 10.6 Å². The average molecular weight is 319 g/mol. The molecule has 0 radical (unpaired) electrons. The highest BCUT2D eigenvalue weighted by Gasteiger charge is 2.02. The summed E-state index contributed by atoms with van der Waals surface area (Å²) in [6.45, 7) is 1.99. The maximum Gasteiger partial charge on any atom is 0.248 e. The molecule has 24 heavy (non-hydrogen) atoms. The summed E-state index contributed by atoms with van der Waals surface area (Å²) in [4.78, 5) is 23.2. The van der Waals surface area contributed by atoms with Crippen LogP contribution in [-0.2, 0) is 9.59 Å². The second kappa shape index (κ2) is 8.30. The Balaban J connectivity index is 1.92. The van der Waals surface area contributed by atoms with Crippen molar-refractivity contribution < 1.29 is 9.59 Å². The van der Waals surface area contributed by atoms with Gasteiger partial charge in [0.2, 0.25) is 11.8 Å². The van der Waals surface area contributed by atoms with E-state index in [0.717, 1.165) is 11.1 Å². The molecule has 2 aromatic carbocycles. The summed E-state index contributed by atoms with van der Waals surface area (Å²) in [7, 11) is 0. The number of hydrogen-bond donors (Lipinski definition) is 2. The molecule has 2 rings (SSSR count). The highest BCUT2D eigenvalue weighted by atomic mass is 16.2. The van der Waals surface area contributed by atoms with E-state index in [1.165, 1.54) is 6.08 Å². The lowest BCUT2D eigenvalue weighted by Crippen LogP contribution is -2.10. The molecular formula is C19H17N3O2. The molecule has 0 aliphatic rings. The summed E-state index contributed by atoms with van der Waals surface area (Å²) in [6, 6.07) is 16.3. The fourth-order valence-corrected chi connectivity index (χ4v) is 2.04. The van der Waals surface area contributed by atoms with E-state index in [2.05, 4.69) is 10.6 Å². The molecule has 0 unspecified atom stereocenters. The summed E-state index contributed by atoms with van der Waals surface area (Å²) in [5, 5.41) is 13.8. The van der Waals surface area contributed by atoms with Crippen molar-refractivity contribution in [2.45, 2.75) is 13.3 Å². The topological polar surface area (TPSA) is 82.0 Å². The standard InChI is InChI=1S/C19H17N3O2/c1-14-3-2-4-15(13-14)5-10-18(23)21-16-6-8-17(9-7-16)22-19(24)11-12-20/h2-10,13H,11H2,1H3,(H,21,23)(H,22,24)/b10-5+. The molecule has 0 aliphatic carbocycles. The number of aryl methyl sites for hydroxylation is 1. The zero-order valence-corrected chi connectivity index (χ0v) is 13.2. The zero-order chi connectivity index (χ0) is 17.4. The Bertz CT molecular complexity index is 802. The van der Waals surface area contributed by atoms with Crippen LogP contribution in [-0.4, -0.2) is 11.8 Å². The minimum atomic E-state index is -0.365. The molecule has 2 amide bonds. The lowest BCUT2D eigenvalue weighted by atomic mass is 10.1. The van der Waals surface area contributed by atoms with Gasteiger partial charge in [0.05, 0.1) is 6.07 Å². The van der Waals surface area contributed by atoms with Crippen molar-refractivity contribution in [3.63, 3.8) is 0 Å². The number of anilines is 2. The minimum absolute atomic E-state index is 0.192. The van der Waals surface area contributed by atoms with Crippen molar-refractivity contribution in [3.8, 4) is 6.07 Å². The molecule has 0 saturated carbocycles. The summed E-state index contributed by atoms with van der Waals surface area (Å²) >= 11 is 0. The minimum Gasteiger partial charge on any atom is -0.325 e. The molecule has 5 heteroatoms. The Morgan fingerprint density at radius 1 is 1.08 bits per heavy atom. The van der Waals surface area contributed by atoms with Crippen LogP contribution in [0, 0.1) is 18.3 Å². The zero-order valence-electron chi connectivity index (χ0n) is 13.2. The monoisotopic (exact) mass is 319 g/mol. The van der Waals surface area contributed by atoms with E-state index in [-0.39, 0.29) is 18.2 Å². The first-order valence-corrected chi connectivity index (χ1v) is 7.39. The van der Waals surface area contributed by atoms with E-state index in [1.807, 2.05) is 31.2 Å². The van der Waals surface area contributed by atoms with E-state index in [9.17, 15) is 9.59 Å². The molecule has 2 N–H and O–H groups in total. The Morgan fingerprint density at radius 2 is 1.75 bits per heavy atom. The van der Waals surface area contributed by atoms with Crippen molar-refractivity contribution in [1.82, 2.24) is 0 Å². The van der Waals surface area contributed by atoms with E-state index < -0.39 is 0 Å². The first-order chi connectivity index (χ1) is 11.6. The molecule has 2 aromatic rings. The molecule has 120 valence electrons. The van der Waals surface area contributed by atoms with Crippen LogP contribution in [0.25, 0.3) is 6.08 Å². The largest absolute Gasteiger partial charge is 0.325 e. The van der Waals surface area contributed by atoms with E-state index in [1.54, 1.807) is 36.4 Å². The van der Waals surface area contributed by atoms with Crippen LogP contribution in [0.2, 0.25) is 0 Å². The Hall–Kier alpha value is -3.39. The highest BCUT2D eigenvalue weighted by Crippen LogP contribution is 2.14. The number of benzene rings is 2. The summed E-state index contributed by atoms with van der Waals surface area (Å²) < 4.78 is 0. The van der Waals surface area contributed by atoms with Crippen molar-refractivity contribution in [2.75, 3.05) is 10.6 Å². The van der Waals surface area contributed by atoms with Crippen molar-refractivity contribution >= 4 is 29.3 Å². The van der Waals surface area contributed by atoms with Gasteiger partial charge in [-0.15, -0.1) is 0 Å². The van der Waals surface area contributed by atoms with Gasteiger partial charge in [-0.25, -0.2) is 0 Å². The maximum atomic E-state index is 11.9. The van der Waals surface area contributed by atoms with Crippen LogP contribution in [0.5, 0.6) is 0 Å². The normalized spacial score (nSPS) is 10.2. The van der Waals surface area contributed by atoms with E-state index in [4.69, 9.17) is 5.26 Å². The van der Waals surface area contributed by atoms with Gasteiger partial charge in [0.15, 0.2) is 0 Å².